The lowest BCUT2D eigenvalue weighted by Gasteiger charge is -2.15. The lowest BCUT2D eigenvalue weighted by atomic mass is 10.1. The van der Waals surface area contributed by atoms with Gasteiger partial charge in [-0.25, -0.2) is 0 Å². The molecule has 0 aromatic heterocycles. The number of benzene rings is 5. The number of ketones is 2. The van der Waals surface area contributed by atoms with Gasteiger partial charge in [-0.05, 0) is 122 Å². The van der Waals surface area contributed by atoms with Gasteiger partial charge < -0.3 is 30.7 Å². The Balaban J connectivity index is 1.26. The fraction of sp³-hybridized carbons (Fsp3) is 0.234. The molecular formula is C47H43Cl5N8O8. The van der Waals surface area contributed by atoms with Crippen molar-refractivity contribution < 1.29 is 38.2 Å². The lowest BCUT2D eigenvalue weighted by Crippen LogP contribution is -2.32. The van der Waals surface area contributed by atoms with Crippen LogP contribution in [0.3, 0.4) is 0 Å². The van der Waals surface area contributed by atoms with Gasteiger partial charge in [-0.3, -0.25) is 28.8 Å². The van der Waals surface area contributed by atoms with Gasteiger partial charge in [0, 0.05) is 40.4 Å². The Kier molecular flexibility index (Phi) is 19.4. The van der Waals surface area contributed by atoms with Crippen molar-refractivity contribution in [1.29, 1.82) is 0 Å². The average molecular weight is 1030 g/mol. The van der Waals surface area contributed by atoms with Crippen molar-refractivity contribution in [2.24, 2.45) is 20.5 Å². The summed E-state index contributed by atoms with van der Waals surface area (Å²) in [5, 5.41) is 26.7. The predicted molar refractivity (Wildman–Crippen MR) is 265 cm³/mol. The zero-order valence-corrected chi connectivity index (χ0v) is 40.6. The zero-order valence-electron chi connectivity index (χ0n) is 36.8. The van der Waals surface area contributed by atoms with Crippen LogP contribution in [-0.4, -0.2) is 73.3 Å². The first-order valence-corrected chi connectivity index (χ1v) is 22.8. The fourth-order valence-corrected chi connectivity index (χ4v) is 7.50. The Morgan fingerprint density at radius 1 is 0.544 bits per heavy atom. The van der Waals surface area contributed by atoms with Crippen LogP contribution < -0.4 is 30.7 Å². The third-order valence-corrected chi connectivity index (χ3v) is 11.4. The maximum absolute atomic E-state index is 13.5. The number of nitrogens with one attached hydrogen (secondary N) is 4. The molecule has 5 rings (SSSR count). The van der Waals surface area contributed by atoms with E-state index in [1.807, 2.05) is 0 Å². The van der Waals surface area contributed by atoms with Crippen molar-refractivity contribution in [2.75, 3.05) is 47.2 Å². The molecule has 5 aromatic carbocycles. The zero-order chi connectivity index (χ0) is 49.5. The molecule has 0 heterocycles. The minimum atomic E-state index is -1.64. The van der Waals surface area contributed by atoms with Crippen molar-refractivity contribution >= 4 is 127 Å². The molecule has 0 aliphatic carbocycles. The Bertz CT molecular complexity index is 2790. The Morgan fingerprint density at radius 2 is 0.971 bits per heavy atom. The molecule has 21 heteroatoms. The Morgan fingerprint density at radius 3 is 1.38 bits per heavy atom. The SMILES string of the molecule is COc1ccc(NC(=O)c2cccc(N=NC(C(C)=O)C(=O)Nc3ccc(NC(=O)C(N=Nc4cccc(C(=O)Nc5ccc(OC)cc5CCCl)c4Cl)C(C)=O)c(CCl)c3)c2Cl)c(CCCl)c1. The molecule has 68 heavy (non-hydrogen) atoms. The van der Waals surface area contributed by atoms with Gasteiger partial charge in [-0.1, -0.05) is 35.3 Å². The topological polar surface area (TPSA) is 218 Å². The van der Waals surface area contributed by atoms with Crippen LogP contribution in [0.1, 0.15) is 51.3 Å². The minimum Gasteiger partial charge on any atom is -0.497 e. The number of rotatable bonds is 21. The predicted octanol–water partition coefficient (Wildman–Crippen LogP) is 11.2. The average Bonchev–Trinajstić information content (AvgIpc) is 3.31. The number of azo groups is 2. The van der Waals surface area contributed by atoms with Gasteiger partial charge in [-0.15, -0.1) is 34.8 Å². The summed E-state index contributed by atoms with van der Waals surface area (Å²) in [7, 11) is 3.05. The summed E-state index contributed by atoms with van der Waals surface area (Å²) in [4.78, 5) is 78.9. The van der Waals surface area contributed by atoms with Crippen LogP contribution in [0.5, 0.6) is 11.5 Å². The highest BCUT2D eigenvalue weighted by molar-refractivity contribution is 6.37. The minimum absolute atomic E-state index is 0.0148. The summed E-state index contributed by atoms with van der Waals surface area (Å²) in [5.41, 5.74) is 3.29. The van der Waals surface area contributed by atoms with Crippen molar-refractivity contribution in [3.8, 4) is 11.5 Å². The maximum Gasteiger partial charge on any atom is 0.258 e. The number of amides is 4. The van der Waals surface area contributed by atoms with Gasteiger partial charge in [0.15, 0.2) is 11.6 Å². The Hall–Kier alpha value is -6.43. The number of hydrogen-bond donors (Lipinski definition) is 4. The van der Waals surface area contributed by atoms with E-state index < -0.39 is 47.3 Å². The summed E-state index contributed by atoms with van der Waals surface area (Å²) in [6, 6.07) is 20.2. The van der Waals surface area contributed by atoms with E-state index in [1.165, 1.54) is 68.8 Å². The monoisotopic (exact) mass is 1020 g/mol. The van der Waals surface area contributed by atoms with Crippen LogP contribution in [0.15, 0.2) is 111 Å². The van der Waals surface area contributed by atoms with Crippen LogP contribution in [-0.2, 0) is 37.9 Å². The molecule has 0 saturated heterocycles. The maximum atomic E-state index is 13.5. The third-order valence-electron chi connectivity index (χ3n) is 9.90. The summed E-state index contributed by atoms with van der Waals surface area (Å²) in [6.45, 7) is 2.30. The first-order chi connectivity index (χ1) is 32.6. The molecule has 16 nitrogen and oxygen atoms in total. The number of aryl methyl sites for hydroxylation is 2. The number of Topliss-reactive ketones (excluding diaryl/α,β-unsaturated/α-hetero) is 2. The number of carbonyl (C=O) groups is 6. The standard InChI is InChI=1S/C47H43Cl5N8O8/c1-25(61)42(59-57-38-9-5-7-33(40(38)51)44(63)54-35-15-12-31(67-3)22-27(35)17-19-48)46(65)53-30-11-14-37(29(21-30)24-50)56-47(66)43(26(2)62)60-58-39-10-6-8-34(41(39)52)45(64)55-36-16-13-32(68-4)23-28(36)18-20-49/h5-16,21-23,42-43H,17-20,24H2,1-4H3,(H,53,65)(H,54,63)(H,55,64)(H,56,66). The second-order valence-corrected chi connectivity index (χ2v) is 16.3. The number of methoxy groups -OCH3 is 2. The van der Waals surface area contributed by atoms with Crippen LogP contribution in [0.2, 0.25) is 10.0 Å². The van der Waals surface area contributed by atoms with Gasteiger partial charge in [0.25, 0.3) is 23.6 Å². The smallest absolute Gasteiger partial charge is 0.258 e. The molecule has 0 aliphatic heterocycles. The highest BCUT2D eigenvalue weighted by atomic mass is 35.5. The van der Waals surface area contributed by atoms with E-state index in [0.29, 0.717) is 53.0 Å². The molecule has 0 radical (unpaired) electrons. The molecule has 0 spiro atoms. The second kappa shape index (κ2) is 25.1. The van der Waals surface area contributed by atoms with Gasteiger partial charge in [0.05, 0.1) is 35.4 Å². The molecule has 0 saturated carbocycles. The van der Waals surface area contributed by atoms with Gasteiger partial charge in [-0.2, -0.15) is 20.5 Å². The van der Waals surface area contributed by atoms with E-state index in [-0.39, 0.29) is 49.8 Å². The summed E-state index contributed by atoms with van der Waals surface area (Å²) >= 11 is 31.4. The number of nitrogens with zero attached hydrogens (tertiary/aromatic N) is 4. The highest BCUT2D eigenvalue weighted by Gasteiger charge is 2.27. The van der Waals surface area contributed by atoms with Crippen LogP contribution in [0.25, 0.3) is 0 Å². The summed E-state index contributed by atoms with van der Waals surface area (Å²) in [6.07, 6.45) is 0.911. The van der Waals surface area contributed by atoms with Crippen LogP contribution >= 0.6 is 58.0 Å². The molecule has 2 atom stereocenters. The number of ether oxygens (including phenoxy) is 2. The molecule has 4 amide bonds. The third kappa shape index (κ3) is 13.6. The molecule has 4 N–H and O–H groups in total. The lowest BCUT2D eigenvalue weighted by molar-refractivity contribution is -0.127. The van der Waals surface area contributed by atoms with Crippen LogP contribution in [0, 0.1) is 0 Å². The van der Waals surface area contributed by atoms with Gasteiger partial charge in [0.1, 0.15) is 22.9 Å². The van der Waals surface area contributed by atoms with E-state index in [9.17, 15) is 28.8 Å². The van der Waals surface area contributed by atoms with Crippen molar-refractivity contribution in [1.82, 2.24) is 0 Å². The summed E-state index contributed by atoms with van der Waals surface area (Å²) in [5.74, 6) is -2.52. The molecule has 354 valence electrons. The van der Waals surface area contributed by atoms with Gasteiger partial charge >= 0.3 is 0 Å². The first kappa shape index (κ1) is 52.5. The number of carbonyl (C=O) groups excluding carboxylic acids is 6. The fourth-order valence-electron chi connectivity index (χ4n) is 6.37. The van der Waals surface area contributed by atoms with Crippen LogP contribution in [0.4, 0.5) is 34.1 Å². The van der Waals surface area contributed by atoms with E-state index in [2.05, 4.69) is 41.7 Å². The second-order valence-electron chi connectivity index (χ2n) is 14.6. The highest BCUT2D eigenvalue weighted by Crippen LogP contribution is 2.33. The van der Waals surface area contributed by atoms with Crippen molar-refractivity contribution in [3.63, 3.8) is 0 Å². The largest absolute Gasteiger partial charge is 0.497 e. The molecule has 0 aliphatic rings. The molecule has 0 fully saturated rings. The number of hydrogen-bond acceptors (Lipinski definition) is 12. The van der Waals surface area contributed by atoms with E-state index in [1.54, 1.807) is 36.4 Å². The summed E-state index contributed by atoms with van der Waals surface area (Å²) < 4.78 is 10.6. The van der Waals surface area contributed by atoms with Crippen molar-refractivity contribution in [3.05, 3.63) is 129 Å². The molecular weight excluding hydrogens is 982 g/mol. The molecule has 5 aromatic rings. The molecule has 2 unspecified atom stereocenters. The molecule has 0 bridgehead atoms. The quantitative estimate of drug-likeness (QED) is 0.0314. The van der Waals surface area contributed by atoms with E-state index in [0.717, 1.165) is 25.0 Å². The van der Waals surface area contributed by atoms with Gasteiger partial charge in [0.2, 0.25) is 12.1 Å². The van der Waals surface area contributed by atoms with E-state index in [4.69, 9.17) is 67.5 Å². The Labute approximate surface area is 416 Å². The van der Waals surface area contributed by atoms with E-state index >= 15 is 0 Å². The first-order valence-electron chi connectivity index (χ1n) is 20.4. The number of alkyl halides is 3. The number of halogens is 5. The number of anilines is 4. The van der Waals surface area contributed by atoms with Crippen molar-refractivity contribution in [2.45, 2.75) is 44.7 Å². The normalized spacial score (nSPS) is 12.0.